The Morgan fingerprint density at radius 1 is 1.03 bits per heavy atom. The number of rotatable bonds is 6. The van der Waals surface area contributed by atoms with E-state index in [1.54, 1.807) is 42.5 Å². The number of carbonyl (C=O) groups is 3. The first-order valence-corrected chi connectivity index (χ1v) is 9.10. The average molecular weight is 415 g/mol. The van der Waals surface area contributed by atoms with Gasteiger partial charge in [-0.3, -0.25) is 9.59 Å². The molecule has 3 aromatic rings. The van der Waals surface area contributed by atoms with Crippen molar-refractivity contribution in [1.82, 2.24) is 5.32 Å². The van der Waals surface area contributed by atoms with Gasteiger partial charge in [-0.2, -0.15) is 5.26 Å². The van der Waals surface area contributed by atoms with Gasteiger partial charge in [0.05, 0.1) is 5.56 Å². The molecule has 0 saturated carbocycles. The van der Waals surface area contributed by atoms with E-state index in [0.29, 0.717) is 22.6 Å². The number of carboxylic acids is 1. The van der Waals surface area contributed by atoms with E-state index in [1.807, 2.05) is 6.07 Å². The molecule has 0 atom stereocenters. The Hall–Kier alpha value is -4.64. The fourth-order valence-corrected chi connectivity index (χ4v) is 2.73. The van der Waals surface area contributed by atoms with Crippen LogP contribution in [0.2, 0.25) is 0 Å². The van der Waals surface area contributed by atoms with Gasteiger partial charge >= 0.3 is 5.97 Å². The minimum absolute atomic E-state index is 0.152. The number of anilines is 1. The van der Waals surface area contributed by atoms with Crippen LogP contribution in [0.25, 0.3) is 17.4 Å². The predicted octanol–water partition coefficient (Wildman–Crippen LogP) is 3.55. The van der Waals surface area contributed by atoms with Gasteiger partial charge < -0.3 is 20.2 Å². The first-order valence-electron chi connectivity index (χ1n) is 9.10. The first-order chi connectivity index (χ1) is 14.9. The Labute approximate surface area is 177 Å². The molecule has 1 aromatic heterocycles. The minimum Gasteiger partial charge on any atom is -0.478 e. The molecule has 0 aliphatic rings. The summed E-state index contributed by atoms with van der Waals surface area (Å²) in [5, 5.41) is 23.4. The van der Waals surface area contributed by atoms with Gasteiger partial charge in [0.1, 0.15) is 23.2 Å². The molecule has 154 valence electrons. The number of aromatic carboxylic acids is 1. The number of furan rings is 1. The maximum Gasteiger partial charge on any atom is 0.335 e. The van der Waals surface area contributed by atoms with E-state index in [-0.39, 0.29) is 22.8 Å². The molecule has 0 aliphatic carbocycles. The second-order valence-corrected chi connectivity index (χ2v) is 6.37. The number of hydrogen-bond acceptors (Lipinski definition) is 5. The van der Waals surface area contributed by atoms with E-state index in [2.05, 4.69) is 10.6 Å². The van der Waals surface area contributed by atoms with E-state index in [9.17, 15) is 19.6 Å². The summed E-state index contributed by atoms with van der Waals surface area (Å²) in [6.07, 6.45) is 1.30. The molecular weight excluding hydrogens is 398 g/mol. The highest BCUT2D eigenvalue weighted by Crippen LogP contribution is 2.24. The van der Waals surface area contributed by atoms with Gasteiger partial charge in [-0.05, 0) is 42.5 Å². The summed E-state index contributed by atoms with van der Waals surface area (Å²) in [4.78, 5) is 35.2. The van der Waals surface area contributed by atoms with Gasteiger partial charge in [0.15, 0.2) is 0 Å². The van der Waals surface area contributed by atoms with Crippen LogP contribution in [-0.2, 0) is 4.79 Å². The molecule has 0 unspecified atom stereocenters. The third kappa shape index (κ3) is 5.05. The largest absolute Gasteiger partial charge is 0.478 e. The van der Waals surface area contributed by atoms with E-state index < -0.39 is 11.9 Å². The Bertz CT molecular complexity index is 1220. The number of carbonyl (C=O) groups excluding carboxylic acids is 2. The lowest BCUT2D eigenvalue weighted by molar-refractivity contribution is -0.112. The molecule has 0 saturated heterocycles. The summed E-state index contributed by atoms with van der Waals surface area (Å²) < 4.78 is 5.66. The van der Waals surface area contributed by atoms with Gasteiger partial charge in [0, 0.05) is 29.9 Å². The first kappa shape index (κ1) is 21.1. The molecule has 31 heavy (non-hydrogen) atoms. The summed E-state index contributed by atoms with van der Waals surface area (Å²) in [7, 11) is 1.50. The summed E-state index contributed by atoms with van der Waals surface area (Å²) >= 11 is 0. The van der Waals surface area contributed by atoms with Crippen LogP contribution in [0.4, 0.5) is 5.69 Å². The topological polar surface area (TPSA) is 132 Å². The van der Waals surface area contributed by atoms with Gasteiger partial charge in [-0.25, -0.2) is 4.79 Å². The molecule has 3 N–H and O–H groups in total. The van der Waals surface area contributed by atoms with Crippen molar-refractivity contribution in [1.29, 1.82) is 5.26 Å². The Morgan fingerprint density at radius 2 is 1.77 bits per heavy atom. The Kier molecular flexibility index (Phi) is 6.28. The zero-order valence-electron chi connectivity index (χ0n) is 16.4. The molecule has 1 heterocycles. The second-order valence-electron chi connectivity index (χ2n) is 6.37. The molecule has 2 amide bonds. The van der Waals surface area contributed by atoms with Crippen molar-refractivity contribution < 1.29 is 23.9 Å². The number of nitrogens with one attached hydrogen (secondary N) is 2. The molecular formula is C23H17N3O5. The third-order valence-corrected chi connectivity index (χ3v) is 4.30. The highest BCUT2D eigenvalue weighted by molar-refractivity contribution is 6.10. The van der Waals surface area contributed by atoms with Crippen LogP contribution < -0.4 is 10.6 Å². The lowest BCUT2D eigenvalue weighted by Gasteiger charge is -2.06. The number of benzene rings is 2. The SMILES string of the molecule is CNC(=O)c1cccc(NC(=O)/C(C#N)=C/c2ccc(-c3ccc(C(=O)O)cc3)o2)c1. The van der Waals surface area contributed by atoms with Crippen molar-refractivity contribution in [3.8, 4) is 17.4 Å². The maximum atomic E-state index is 12.5. The molecule has 8 heteroatoms. The van der Waals surface area contributed by atoms with Crippen LogP contribution in [0.5, 0.6) is 0 Å². The van der Waals surface area contributed by atoms with Crippen molar-refractivity contribution in [3.05, 3.63) is 83.1 Å². The van der Waals surface area contributed by atoms with Gasteiger partial charge in [-0.15, -0.1) is 0 Å². The monoisotopic (exact) mass is 415 g/mol. The van der Waals surface area contributed by atoms with Crippen LogP contribution in [-0.4, -0.2) is 29.9 Å². The number of nitrogens with zero attached hydrogens (tertiary/aromatic N) is 1. The Morgan fingerprint density at radius 3 is 2.42 bits per heavy atom. The fraction of sp³-hybridized carbons (Fsp3) is 0.0435. The summed E-state index contributed by atoms with van der Waals surface area (Å²) in [6.45, 7) is 0. The molecule has 0 aliphatic heterocycles. The lowest BCUT2D eigenvalue weighted by atomic mass is 10.1. The highest BCUT2D eigenvalue weighted by Gasteiger charge is 2.13. The van der Waals surface area contributed by atoms with E-state index in [0.717, 1.165) is 0 Å². The Balaban J connectivity index is 1.77. The minimum atomic E-state index is -1.03. The third-order valence-electron chi connectivity index (χ3n) is 4.30. The summed E-state index contributed by atoms with van der Waals surface area (Å²) in [5.74, 6) is -1.24. The molecule has 0 spiro atoms. The molecule has 8 nitrogen and oxygen atoms in total. The van der Waals surface area contributed by atoms with Crippen LogP contribution in [0.3, 0.4) is 0 Å². The van der Waals surface area contributed by atoms with E-state index in [4.69, 9.17) is 9.52 Å². The second kappa shape index (κ2) is 9.24. The number of hydrogen-bond donors (Lipinski definition) is 3. The van der Waals surface area contributed by atoms with Crippen LogP contribution in [0.1, 0.15) is 26.5 Å². The van der Waals surface area contributed by atoms with Gasteiger partial charge in [-0.1, -0.05) is 18.2 Å². The fourth-order valence-electron chi connectivity index (χ4n) is 2.73. The molecule has 0 bridgehead atoms. The van der Waals surface area contributed by atoms with Crippen molar-refractivity contribution >= 4 is 29.5 Å². The van der Waals surface area contributed by atoms with Crippen molar-refractivity contribution in [2.75, 3.05) is 12.4 Å². The molecule has 0 fully saturated rings. The standard InChI is InChI=1S/C23H17N3O5/c1-25-21(27)16-3-2-4-18(11-16)26-22(28)17(13-24)12-19-9-10-20(31-19)14-5-7-15(8-6-14)23(29)30/h2-12H,1H3,(H,25,27)(H,26,28)(H,29,30)/b17-12+. The van der Waals surface area contributed by atoms with Crippen molar-refractivity contribution in [2.45, 2.75) is 0 Å². The highest BCUT2D eigenvalue weighted by atomic mass is 16.4. The zero-order chi connectivity index (χ0) is 22.4. The molecule has 3 rings (SSSR count). The summed E-state index contributed by atoms with van der Waals surface area (Å²) in [6, 6.07) is 17.5. The smallest absolute Gasteiger partial charge is 0.335 e. The normalized spacial score (nSPS) is 10.8. The van der Waals surface area contributed by atoms with E-state index >= 15 is 0 Å². The maximum absolute atomic E-state index is 12.5. The molecule has 0 radical (unpaired) electrons. The van der Waals surface area contributed by atoms with Crippen LogP contribution >= 0.6 is 0 Å². The van der Waals surface area contributed by atoms with Crippen LogP contribution in [0, 0.1) is 11.3 Å². The van der Waals surface area contributed by atoms with Crippen molar-refractivity contribution in [3.63, 3.8) is 0 Å². The number of amides is 2. The van der Waals surface area contributed by atoms with Gasteiger partial charge in [0.25, 0.3) is 11.8 Å². The average Bonchev–Trinajstić information content (AvgIpc) is 3.25. The predicted molar refractivity (Wildman–Crippen MR) is 113 cm³/mol. The quantitative estimate of drug-likeness (QED) is 0.417. The van der Waals surface area contributed by atoms with Crippen LogP contribution in [0.15, 0.2) is 70.7 Å². The lowest BCUT2D eigenvalue weighted by Crippen LogP contribution is -2.18. The van der Waals surface area contributed by atoms with Gasteiger partial charge in [0.2, 0.25) is 0 Å². The summed E-state index contributed by atoms with van der Waals surface area (Å²) in [5.41, 5.74) is 1.35. The van der Waals surface area contributed by atoms with Crippen molar-refractivity contribution in [2.24, 2.45) is 0 Å². The number of nitriles is 1. The zero-order valence-corrected chi connectivity index (χ0v) is 16.4. The van der Waals surface area contributed by atoms with E-state index in [1.165, 1.54) is 31.3 Å². The molecule has 2 aromatic carbocycles. The number of carboxylic acid groups (broad SMARTS) is 1.